The van der Waals surface area contributed by atoms with Gasteiger partial charge in [0.2, 0.25) is 0 Å². The molecule has 0 spiro atoms. The van der Waals surface area contributed by atoms with Crippen LogP contribution in [0.4, 0.5) is 10.1 Å². The Labute approximate surface area is 151 Å². The first kappa shape index (κ1) is 16.3. The van der Waals surface area contributed by atoms with E-state index in [1.807, 2.05) is 39.8 Å². The minimum atomic E-state index is -0.239. The Morgan fingerprint density at radius 2 is 1.58 bits per heavy atom. The molecule has 0 N–H and O–H groups in total. The van der Waals surface area contributed by atoms with E-state index in [1.165, 1.54) is 12.1 Å². The molecule has 4 rings (SSSR count). The van der Waals surface area contributed by atoms with Crippen molar-refractivity contribution in [1.82, 2.24) is 14.5 Å². The Morgan fingerprint density at radius 1 is 0.885 bits per heavy atom. The molecule has 1 saturated heterocycles. The second kappa shape index (κ2) is 7.00. The Balaban J connectivity index is 1.46. The van der Waals surface area contributed by atoms with Crippen LogP contribution in [-0.2, 0) is 0 Å². The molecule has 1 fully saturated rings. The van der Waals surface area contributed by atoms with Crippen LogP contribution in [0.15, 0.2) is 67.1 Å². The van der Waals surface area contributed by atoms with Gasteiger partial charge in [-0.05, 0) is 36.4 Å². The largest absolute Gasteiger partial charge is 0.368 e. The SMILES string of the molecule is O=C(c1cncn1-c1ccccc1)N1CCN(c2ccc(F)cc2)CC1. The van der Waals surface area contributed by atoms with E-state index in [-0.39, 0.29) is 11.7 Å². The van der Waals surface area contributed by atoms with Gasteiger partial charge in [0.1, 0.15) is 11.5 Å². The van der Waals surface area contributed by atoms with Gasteiger partial charge in [-0.3, -0.25) is 9.36 Å². The van der Waals surface area contributed by atoms with E-state index < -0.39 is 0 Å². The van der Waals surface area contributed by atoms with Crippen LogP contribution < -0.4 is 4.90 Å². The highest BCUT2D eigenvalue weighted by Gasteiger charge is 2.24. The highest BCUT2D eigenvalue weighted by Crippen LogP contribution is 2.19. The predicted molar refractivity (Wildman–Crippen MR) is 98.1 cm³/mol. The summed E-state index contributed by atoms with van der Waals surface area (Å²) in [5.41, 5.74) is 2.46. The molecule has 0 saturated carbocycles. The lowest BCUT2D eigenvalue weighted by Gasteiger charge is -2.36. The zero-order valence-electron chi connectivity index (χ0n) is 14.3. The van der Waals surface area contributed by atoms with Crippen LogP contribution in [0.3, 0.4) is 0 Å². The Bertz CT molecular complexity index is 884. The molecule has 1 aliphatic heterocycles. The lowest BCUT2D eigenvalue weighted by atomic mass is 10.2. The molecule has 0 bridgehead atoms. The van der Waals surface area contributed by atoms with E-state index in [2.05, 4.69) is 9.88 Å². The van der Waals surface area contributed by atoms with Gasteiger partial charge >= 0.3 is 0 Å². The van der Waals surface area contributed by atoms with Crippen LogP contribution in [0.2, 0.25) is 0 Å². The maximum absolute atomic E-state index is 13.1. The predicted octanol–water partition coefficient (Wildman–Crippen LogP) is 2.97. The number of imidazole rings is 1. The minimum absolute atomic E-state index is 0.0230. The first-order valence-corrected chi connectivity index (χ1v) is 8.60. The van der Waals surface area contributed by atoms with Gasteiger partial charge in [0, 0.05) is 37.6 Å². The van der Waals surface area contributed by atoms with Crippen LogP contribution in [-0.4, -0.2) is 46.5 Å². The van der Waals surface area contributed by atoms with E-state index in [0.717, 1.165) is 24.5 Å². The number of carbonyl (C=O) groups excluding carboxylic acids is 1. The maximum atomic E-state index is 13.1. The normalized spacial score (nSPS) is 14.5. The fourth-order valence-electron chi connectivity index (χ4n) is 3.23. The number of halogens is 1. The summed E-state index contributed by atoms with van der Waals surface area (Å²) in [6.45, 7) is 2.68. The van der Waals surface area contributed by atoms with Crippen molar-refractivity contribution in [1.29, 1.82) is 0 Å². The number of rotatable bonds is 3. The van der Waals surface area contributed by atoms with Gasteiger partial charge in [0.25, 0.3) is 5.91 Å². The fraction of sp³-hybridized carbons (Fsp3) is 0.200. The topological polar surface area (TPSA) is 41.4 Å². The van der Waals surface area contributed by atoms with Crippen LogP contribution >= 0.6 is 0 Å². The average Bonchev–Trinajstić information content (AvgIpc) is 3.19. The number of para-hydroxylation sites is 1. The van der Waals surface area contributed by atoms with Gasteiger partial charge in [-0.15, -0.1) is 0 Å². The number of benzene rings is 2. The van der Waals surface area contributed by atoms with E-state index in [1.54, 1.807) is 24.7 Å². The Morgan fingerprint density at radius 3 is 2.27 bits per heavy atom. The molecule has 1 amide bonds. The van der Waals surface area contributed by atoms with Gasteiger partial charge in [-0.1, -0.05) is 18.2 Å². The number of hydrogen-bond donors (Lipinski definition) is 0. The minimum Gasteiger partial charge on any atom is -0.368 e. The smallest absolute Gasteiger partial charge is 0.272 e. The average molecular weight is 350 g/mol. The summed E-state index contributed by atoms with van der Waals surface area (Å²) in [6, 6.07) is 16.2. The molecular formula is C20H19FN4O. The van der Waals surface area contributed by atoms with Crippen molar-refractivity contribution in [3.05, 3.63) is 78.6 Å². The zero-order valence-corrected chi connectivity index (χ0v) is 14.3. The van der Waals surface area contributed by atoms with Gasteiger partial charge in [-0.2, -0.15) is 0 Å². The number of aromatic nitrogens is 2. The molecular weight excluding hydrogens is 331 g/mol. The summed E-state index contributed by atoms with van der Waals surface area (Å²) in [5.74, 6) is -0.262. The maximum Gasteiger partial charge on any atom is 0.272 e. The number of nitrogens with zero attached hydrogens (tertiary/aromatic N) is 4. The highest BCUT2D eigenvalue weighted by atomic mass is 19.1. The number of anilines is 1. The van der Waals surface area contributed by atoms with Crippen molar-refractivity contribution in [3.8, 4) is 5.69 Å². The molecule has 0 radical (unpaired) electrons. The van der Waals surface area contributed by atoms with Crippen molar-refractivity contribution >= 4 is 11.6 Å². The van der Waals surface area contributed by atoms with Gasteiger partial charge < -0.3 is 9.80 Å². The van der Waals surface area contributed by atoms with Gasteiger partial charge in [0.05, 0.1) is 12.5 Å². The van der Waals surface area contributed by atoms with Crippen molar-refractivity contribution in [3.63, 3.8) is 0 Å². The first-order valence-electron chi connectivity index (χ1n) is 8.60. The first-order chi connectivity index (χ1) is 12.7. The van der Waals surface area contributed by atoms with Crippen LogP contribution in [0.1, 0.15) is 10.5 Å². The molecule has 132 valence electrons. The van der Waals surface area contributed by atoms with Crippen molar-refractivity contribution in [2.45, 2.75) is 0 Å². The Kier molecular flexibility index (Phi) is 4.39. The summed E-state index contributed by atoms with van der Waals surface area (Å²) >= 11 is 0. The third-order valence-electron chi connectivity index (χ3n) is 4.65. The number of carbonyl (C=O) groups is 1. The second-order valence-corrected chi connectivity index (χ2v) is 6.24. The second-order valence-electron chi connectivity index (χ2n) is 6.24. The molecule has 0 unspecified atom stereocenters. The van der Waals surface area contributed by atoms with Gasteiger partial charge in [0.15, 0.2) is 0 Å². The quantitative estimate of drug-likeness (QED) is 0.729. The molecule has 5 nitrogen and oxygen atoms in total. The molecule has 3 aromatic rings. The van der Waals surface area contributed by atoms with Crippen molar-refractivity contribution < 1.29 is 9.18 Å². The number of amides is 1. The standard InChI is InChI=1S/C20H19FN4O/c21-16-6-8-17(9-7-16)23-10-12-24(13-11-23)20(26)19-14-22-15-25(19)18-4-2-1-3-5-18/h1-9,14-15H,10-13H2. The van der Waals surface area contributed by atoms with Gasteiger partial charge in [-0.25, -0.2) is 9.37 Å². The van der Waals surface area contributed by atoms with Crippen molar-refractivity contribution in [2.75, 3.05) is 31.1 Å². The summed E-state index contributed by atoms with van der Waals surface area (Å²) in [5, 5.41) is 0. The lowest BCUT2D eigenvalue weighted by Crippen LogP contribution is -2.49. The van der Waals surface area contributed by atoms with E-state index in [9.17, 15) is 9.18 Å². The summed E-state index contributed by atoms with van der Waals surface area (Å²) < 4.78 is 14.9. The number of piperazine rings is 1. The van der Waals surface area contributed by atoms with Crippen LogP contribution in [0.25, 0.3) is 5.69 Å². The third-order valence-corrected chi connectivity index (χ3v) is 4.65. The fourth-order valence-corrected chi connectivity index (χ4v) is 3.23. The van der Waals surface area contributed by atoms with Crippen molar-refractivity contribution in [2.24, 2.45) is 0 Å². The van der Waals surface area contributed by atoms with E-state index in [4.69, 9.17) is 0 Å². The molecule has 0 aliphatic carbocycles. The van der Waals surface area contributed by atoms with Crippen LogP contribution in [0.5, 0.6) is 0 Å². The number of hydrogen-bond acceptors (Lipinski definition) is 3. The summed E-state index contributed by atoms with van der Waals surface area (Å²) in [4.78, 5) is 21.1. The van der Waals surface area contributed by atoms with Crippen LogP contribution in [0, 0.1) is 5.82 Å². The molecule has 0 atom stereocenters. The van der Waals surface area contributed by atoms with E-state index >= 15 is 0 Å². The highest BCUT2D eigenvalue weighted by molar-refractivity contribution is 5.93. The zero-order chi connectivity index (χ0) is 17.9. The molecule has 1 aromatic heterocycles. The Hall–Kier alpha value is -3.15. The third kappa shape index (κ3) is 3.18. The molecule has 2 heterocycles. The lowest BCUT2D eigenvalue weighted by molar-refractivity contribution is 0.0738. The molecule has 2 aromatic carbocycles. The monoisotopic (exact) mass is 350 g/mol. The molecule has 6 heteroatoms. The summed E-state index contributed by atoms with van der Waals surface area (Å²) in [7, 11) is 0. The van der Waals surface area contributed by atoms with E-state index in [0.29, 0.717) is 18.8 Å². The summed E-state index contributed by atoms with van der Waals surface area (Å²) in [6.07, 6.45) is 3.28. The molecule has 1 aliphatic rings. The molecule has 26 heavy (non-hydrogen) atoms.